The highest BCUT2D eigenvalue weighted by atomic mass is 35.5. The van der Waals surface area contributed by atoms with Crippen molar-refractivity contribution in [2.75, 3.05) is 6.73 Å². The van der Waals surface area contributed by atoms with Gasteiger partial charge in [0, 0.05) is 5.92 Å². The van der Waals surface area contributed by atoms with Gasteiger partial charge in [0.25, 0.3) is 0 Å². The predicted octanol–water partition coefficient (Wildman–Crippen LogP) is 3.60. The summed E-state index contributed by atoms with van der Waals surface area (Å²) in [4.78, 5) is 0. The van der Waals surface area contributed by atoms with Gasteiger partial charge in [0.05, 0.1) is 6.54 Å². The number of aliphatic hydroxyl groups excluding tert-OH is 1. The molecule has 2 aromatic rings. The number of benzene rings is 2. The molecule has 1 atom stereocenters. The highest BCUT2D eigenvalue weighted by Crippen LogP contribution is 2.32. The predicted molar refractivity (Wildman–Crippen MR) is 90.0 cm³/mol. The second-order valence-electron chi connectivity index (χ2n) is 5.37. The first-order valence-corrected chi connectivity index (χ1v) is 7.16. The van der Waals surface area contributed by atoms with Gasteiger partial charge in [-0.05, 0) is 28.7 Å². The third kappa shape index (κ3) is 3.57. The van der Waals surface area contributed by atoms with Gasteiger partial charge in [-0.15, -0.1) is 12.4 Å². The summed E-state index contributed by atoms with van der Waals surface area (Å²) in [6, 6.07) is 16.5. The fourth-order valence-corrected chi connectivity index (χ4v) is 2.89. The molecule has 3 rings (SSSR count). The highest BCUT2D eigenvalue weighted by molar-refractivity contribution is 5.85. The zero-order valence-corrected chi connectivity index (χ0v) is 13.0. The van der Waals surface area contributed by atoms with E-state index in [9.17, 15) is 5.21 Å². The fourth-order valence-electron chi connectivity index (χ4n) is 2.89. The van der Waals surface area contributed by atoms with Gasteiger partial charge in [-0.2, -0.15) is 5.06 Å². The molecule has 116 valence electrons. The van der Waals surface area contributed by atoms with Crippen molar-refractivity contribution < 1.29 is 10.3 Å². The molecule has 0 spiro atoms. The highest BCUT2D eigenvalue weighted by Gasteiger charge is 2.18. The van der Waals surface area contributed by atoms with E-state index < -0.39 is 0 Å². The quantitative estimate of drug-likeness (QED) is 0.669. The summed E-state index contributed by atoms with van der Waals surface area (Å²) in [6.45, 7) is -0.0172. The summed E-state index contributed by atoms with van der Waals surface area (Å²) in [6.07, 6.45) is 5.32. The average Bonchev–Trinajstić information content (AvgIpc) is 2.55. The Kier molecular flexibility index (Phi) is 5.75. The van der Waals surface area contributed by atoms with Crippen molar-refractivity contribution in [3.05, 3.63) is 76.9 Å². The molecule has 0 heterocycles. The van der Waals surface area contributed by atoms with E-state index in [-0.39, 0.29) is 19.1 Å². The fraction of sp³-hybridized carbons (Fsp3) is 0.222. The van der Waals surface area contributed by atoms with Crippen LogP contribution < -0.4 is 0 Å². The van der Waals surface area contributed by atoms with Gasteiger partial charge in [-0.25, -0.2) is 0 Å². The minimum Gasteiger partial charge on any atom is -0.379 e. The summed E-state index contributed by atoms with van der Waals surface area (Å²) in [5, 5.41) is 19.5. The summed E-state index contributed by atoms with van der Waals surface area (Å²) < 4.78 is 0. The SMILES string of the molecule is Cl.OCN(O)Cc1cccc2c1CC(c1ccccc1)C=C2. The number of hydrogen-bond acceptors (Lipinski definition) is 3. The van der Waals surface area contributed by atoms with Crippen LogP contribution in [-0.2, 0) is 13.0 Å². The van der Waals surface area contributed by atoms with Gasteiger partial charge < -0.3 is 10.3 Å². The Bertz CT molecular complexity index is 643. The van der Waals surface area contributed by atoms with E-state index in [1.807, 2.05) is 18.2 Å². The van der Waals surface area contributed by atoms with E-state index in [0.29, 0.717) is 12.5 Å². The van der Waals surface area contributed by atoms with Crippen LogP contribution in [0.4, 0.5) is 0 Å². The van der Waals surface area contributed by atoms with Gasteiger partial charge >= 0.3 is 0 Å². The molecule has 0 aliphatic heterocycles. The summed E-state index contributed by atoms with van der Waals surface area (Å²) in [7, 11) is 0. The molecule has 0 aromatic heterocycles. The second kappa shape index (κ2) is 7.56. The second-order valence-corrected chi connectivity index (χ2v) is 5.37. The first-order valence-electron chi connectivity index (χ1n) is 7.16. The third-order valence-electron chi connectivity index (χ3n) is 3.99. The van der Waals surface area contributed by atoms with E-state index in [1.54, 1.807) is 0 Å². The Morgan fingerprint density at radius 2 is 1.82 bits per heavy atom. The van der Waals surface area contributed by atoms with Crippen LogP contribution in [0.1, 0.15) is 28.2 Å². The van der Waals surface area contributed by atoms with Gasteiger partial charge in [0.15, 0.2) is 0 Å². The number of hydroxylamine groups is 2. The molecule has 0 amide bonds. The molecule has 22 heavy (non-hydrogen) atoms. The molecule has 1 aliphatic rings. The van der Waals surface area contributed by atoms with Crippen molar-refractivity contribution in [2.45, 2.75) is 18.9 Å². The summed E-state index contributed by atoms with van der Waals surface area (Å²) in [5.41, 5.74) is 4.82. The third-order valence-corrected chi connectivity index (χ3v) is 3.99. The average molecular weight is 318 g/mol. The lowest BCUT2D eigenvalue weighted by Crippen LogP contribution is -2.21. The van der Waals surface area contributed by atoms with Crippen LogP contribution in [0.15, 0.2) is 54.6 Å². The van der Waals surface area contributed by atoms with Crippen molar-refractivity contribution >= 4 is 18.5 Å². The number of rotatable bonds is 4. The maximum atomic E-state index is 9.56. The molecule has 1 unspecified atom stereocenters. The zero-order valence-electron chi connectivity index (χ0n) is 12.2. The largest absolute Gasteiger partial charge is 0.379 e. The molecule has 0 saturated heterocycles. The van der Waals surface area contributed by atoms with Crippen LogP contribution >= 0.6 is 12.4 Å². The number of nitrogens with zero attached hydrogens (tertiary/aromatic N) is 1. The number of allylic oxidation sites excluding steroid dienone is 1. The van der Waals surface area contributed by atoms with Crippen LogP contribution in [-0.4, -0.2) is 22.1 Å². The number of hydrogen-bond donors (Lipinski definition) is 2. The van der Waals surface area contributed by atoms with E-state index in [4.69, 9.17) is 5.11 Å². The van der Waals surface area contributed by atoms with Gasteiger partial charge in [-0.1, -0.05) is 60.7 Å². The molecule has 2 N–H and O–H groups in total. The number of halogens is 1. The molecule has 1 aliphatic carbocycles. The van der Waals surface area contributed by atoms with Gasteiger partial charge in [0.1, 0.15) is 6.73 Å². The van der Waals surface area contributed by atoms with E-state index in [1.165, 1.54) is 16.7 Å². The van der Waals surface area contributed by atoms with Crippen molar-refractivity contribution in [1.29, 1.82) is 0 Å². The lowest BCUT2D eigenvalue weighted by molar-refractivity contribution is -0.149. The minimum absolute atomic E-state index is 0. The van der Waals surface area contributed by atoms with Crippen molar-refractivity contribution in [1.82, 2.24) is 5.06 Å². The zero-order chi connectivity index (χ0) is 14.7. The Balaban J connectivity index is 0.00000176. The maximum absolute atomic E-state index is 9.56. The van der Waals surface area contributed by atoms with Crippen molar-refractivity contribution in [3.63, 3.8) is 0 Å². The Morgan fingerprint density at radius 1 is 1.05 bits per heavy atom. The van der Waals surface area contributed by atoms with Crippen LogP contribution in [0.3, 0.4) is 0 Å². The molecule has 0 fully saturated rings. The Morgan fingerprint density at radius 3 is 2.55 bits per heavy atom. The first-order chi connectivity index (χ1) is 10.3. The molecule has 0 saturated carbocycles. The van der Waals surface area contributed by atoms with Crippen molar-refractivity contribution in [3.8, 4) is 0 Å². The molecule has 2 aromatic carbocycles. The minimum atomic E-state index is -0.360. The van der Waals surface area contributed by atoms with Crippen molar-refractivity contribution in [2.24, 2.45) is 0 Å². The molecule has 3 nitrogen and oxygen atoms in total. The lowest BCUT2D eigenvalue weighted by Gasteiger charge is -2.23. The molecule has 4 heteroatoms. The molecular formula is C18H20ClNO2. The molecule has 0 radical (unpaired) electrons. The summed E-state index contributed by atoms with van der Waals surface area (Å²) in [5.74, 6) is 0.362. The maximum Gasteiger partial charge on any atom is 0.119 e. The number of fused-ring (bicyclic) bond motifs is 1. The van der Waals surface area contributed by atoms with E-state index in [0.717, 1.165) is 17.0 Å². The van der Waals surface area contributed by atoms with Gasteiger partial charge in [-0.3, -0.25) is 0 Å². The normalized spacial score (nSPS) is 16.2. The lowest BCUT2D eigenvalue weighted by atomic mass is 9.83. The van der Waals surface area contributed by atoms with Crippen LogP contribution in [0.25, 0.3) is 6.08 Å². The molecule has 0 bridgehead atoms. The van der Waals surface area contributed by atoms with Crippen LogP contribution in [0, 0.1) is 0 Å². The van der Waals surface area contributed by atoms with Crippen LogP contribution in [0.5, 0.6) is 0 Å². The van der Waals surface area contributed by atoms with Gasteiger partial charge in [0.2, 0.25) is 0 Å². The standard InChI is InChI=1S/C18H19NO2.ClH/c20-13-19(21)12-17-8-4-7-15-9-10-16(11-18(15)17)14-5-2-1-3-6-14;/h1-10,16,20-21H,11-13H2;1H. The first kappa shape index (κ1) is 16.7. The monoisotopic (exact) mass is 317 g/mol. The Labute approximate surface area is 136 Å². The van der Waals surface area contributed by atoms with E-state index in [2.05, 4.69) is 42.5 Å². The summed E-state index contributed by atoms with van der Waals surface area (Å²) >= 11 is 0. The number of aliphatic hydroxyl groups is 1. The van der Waals surface area contributed by atoms with E-state index >= 15 is 0 Å². The topological polar surface area (TPSA) is 43.7 Å². The smallest absolute Gasteiger partial charge is 0.119 e. The molecular weight excluding hydrogens is 298 g/mol. The Hall–Kier alpha value is -1.65. The van der Waals surface area contributed by atoms with Crippen LogP contribution in [0.2, 0.25) is 0 Å².